The first kappa shape index (κ1) is 22.3. The second-order valence-corrected chi connectivity index (χ2v) is 7.49. The van der Waals surface area contributed by atoms with Crippen molar-refractivity contribution in [1.29, 1.82) is 0 Å². The van der Waals surface area contributed by atoms with Crippen LogP contribution in [-0.4, -0.2) is 32.4 Å². The molecule has 1 heterocycles. The molecule has 0 aliphatic carbocycles. The van der Waals surface area contributed by atoms with Gasteiger partial charge < -0.3 is 28.7 Å². The molecular formula is C25H25FN2O5. The van der Waals surface area contributed by atoms with Crippen LogP contribution in [0.5, 0.6) is 23.0 Å². The van der Waals surface area contributed by atoms with Crippen LogP contribution in [0.2, 0.25) is 0 Å². The maximum atomic E-state index is 14.9. The fraction of sp³-hybridized carbons (Fsp3) is 0.240. The molecule has 4 aromatic rings. The van der Waals surface area contributed by atoms with Crippen LogP contribution in [0.25, 0.3) is 22.2 Å². The lowest BCUT2D eigenvalue weighted by Crippen LogP contribution is -2.07. The monoisotopic (exact) mass is 452 g/mol. The maximum Gasteiger partial charge on any atom is 0.300 e. The highest BCUT2D eigenvalue weighted by Gasteiger charge is 2.20. The Morgan fingerprint density at radius 3 is 2.24 bits per heavy atom. The van der Waals surface area contributed by atoms with E-state index < -0.39 is 5.82 Å². The number of para-hydroxylation sites is 1. The van der Waals surface area contributed by atoms with Crippen molar-refractivity contribution in [2.45, 2.75) is 20.0 Å². The van der Waals surface area contributed by atoms with Crippen molar-refractivity contribution in [3.63, 3.8) is 0 Å². The molecular weight excluding hydrogens is 427 g/mol. The third kappa shape index (κ3) is 4.37. The first-order valence-electron chi connectivity index (χ1n) is 10.4. The molecule has 0 aliphatic heterocycles. The van der Waals surface area contributed by atoms with Gasteiger partial charge in [-0.25, -0.2) is 4.39 Å². The van der Waals surface area contributed by atoms with Gasteiger partial charge in [0.25, 0.3) is 6.01 Å². The summed E-state index contributed by atoms with van der Waals surface area (Å²) in [5.41, 5.74) is 2.50. The number of fused-ring (bicyclic) bond motifs is 1. The van der Waals surface area contributed by atoms with E-state index in [1.54, 1.807) is 42.5 Å². The van der Waals surface area contributed by atoms with Gasteiger partial charge in [0, 0.05) is 23.4 Å². The largest absolute Gasteiger partial charge is 0.493 e. The van der Waals surface area contributed by atoms with Gasteiger partial charge in [0.05, 0.1) is 33.0 Å². The highest BCUT2D eigenvalue weighted by atomic mass is 19.1. The summed E-state index contributed by atoms with van der Waals surface area (Å²) in [4.78, 5) is 4.51. The molecule has 3 aromatic carbocycles. The van der Waals surface area contributed by atoms with Crippen molar-refractivity contribution in [2.75, 3.05) is 26.6 Å². The third-order valence-corrected chi connectivity index (χ3v) is 4.94. The van der Waals surface area contributed by atoms with Crippen LogP contribution in [-0.2, 0) is 0 Å². The van der Waals surface area contributed by atoms with Crippen molar-refractivity contribution in [1.82, 2.24) is 4.98 Å². The first-order valence-corrected chi connectivity index (χ1v) is 10.4. The van der Waals surface area contributed by atoms with Gasteiger partial charge in [0.15, 0.2) is 17.1 Å². The number of nitrogens with zero attached hydrogens (tertiary/aromatic N) is 1. The quantitative estimate of drug-likeness (QED) is 0.342. The molecule has 0 saturated carbocycles. The van der Waals surface area contributed by atoms with E-state index in [2.05, 4.69) is 10.3 Å². The molecule has 172 valence electrons. The van der Waals surface area contributed by atoms with E-state index in [4.69, 9.17) is 23.4 Å². The van der Waals surface area contributed by atoms with Gasteiger partial charge in [-0.1, -0.05) is 18.2 Å². The molecule has 1 N–H and O–H groups in total. The Morgan fingerprint density at radius 1 is 0.909 bits per heavy atom. The molecule has 8 heteroatoms. The van der Waals surface area contributed by atoms with E-state index in [1.807, 2.05) is 13.8 Å². The van der Waals surface area contributed by atoms with Crippen molar-refractivity contribution in [3.8, 4) is 34.1 Å². The Labute approximate surface area is 191 Å². The molecule has 0 bridgehead atoms. The van der Waals surface area contributed by atoms with Crippen LogP contribution in [0.1, 0.15) is 13.8 Å². The van der Waals surface area contributed by atoms with Gasteiger partial charge in [0.1, 0.15) is 17.1 Å². The zero-order valence-electron chi connectivity index (χ0n) is 19.1. The number of benzene rings is 3. The molecule has 0 fully saturated rings. The van der Waals surface area contributed by atoms with Crippen molar-refractivity contribution in [3.05, 3.63) is 54.3 Å². The van der Waals surface area contributed by atoms with Gasteiger partial charge >= 0.3 is 0 Å². The topological polar surface area (TPSA) is 75.0 Å². The Kier molecular flexibility index (Phi) is 6.26. The third-order valence-electron chi connectivity index (χ3n) is 4.94. The molecule has 4 rings (SSSR count). The first-order chi connectivity index (χ1) is 15.9. The Balaban J connectivity index is 1.78. The minimum atomic E-state index is -0.406. The molecule has 33 heavy (non-hydrogen) atoms. The van der Waals surface area contributed by atoms with E-state index in [0.29, 0.717) is 50.9 Å². The van der Waals surface area contributed by atoms with E-state index in [9.17, 15) is 4.39 Å². The molecule has 0 aliphatic rings. The van der Waals surface area contributed by atoms with Gasteiger partial charge in [-0.15, -0.1) is 0 Å². The Morgan fingerprint density at radius 2 is 1.61 bits per heavy atom. The zero-order chi connectivity index (χ0) is 23.5. The van der Waals surface area contributed by atoms with Crippen LogP contribution in [0.3, 0.4) is 0 Å². The molecule has 0 saturated heterocycles. The fourth-order valence-corrected chi connectivity index (χ4v) is 3.59. The average Bonchev–Trinajstić information content (AvgIpc) is 3.21. The highest BCUT2D eigenvalue weighted by molar-refractivity contribution is 5.93. The number of hydrogen-bond acceptors (Lipinski definition) is 7. The van der Waals surface area contributed by atoms with Crippen molar-refractivity contribution >= 4 is 22.8 Å². The number of anilines is 2. The SMILES string of the molecule is COc1cc(Nc2nc3cccc(-c4c(F)cccc4OC(C)C)c3o2)cc(OC)c1OC. The second-order valence-electron chi connectivity index (χ2n) is 7.49. The maximum absolute atomic E-state index is 14.9. The molecule has 1 aromatic heterocycles. The summed E-state index contributed by atoms with van der Waals surface area (Å²) >= 11 is 0. The van der Waals surface area contributed by atoms with Crippen LogP contribution < -0.4 is 24.3 Å². The summed E-state index contributed by atoms with van der Waals surface area (Å²) in [6.45, 7) is 3.78. The van der Waals surface area contributed by atoms with Crippen molar-refractivity contribution in [2.24, 2.45) is 0 Å². The number of aromatic nitrogens is 1. The molecule has 0 radical (unpaired) electrons. The summed E-state index contributed by atoms with van der Waals surface area (Å²) < 4.78 is 42.9. The second kappa shape index (κ2) is 9.28. The van der Waals surface area contributed by atoms with E-state index in [0.717, 1.165) is 0 Å². The normalized spacial score (nSPS) is 11.0. The van der Waals surface area contributed by atoms with Gasteiger partial charge in [-0.3, -0.25) is 0 Å². The lowest BCUT2D eigenvalue weighted by Gasteiger charge is -2.15. The number of rotatable bonds is 8. The van der Waals surface area contributed by atoms with Gasteiger partial charge in [-0.2, -0.15) is 4.98 Å². The van der Waals surface area contributed by atoms with Crippen LogP contribution in [0.15, 0.2) is 52.9 Å². The smallest absolute Gasteiger partial charge is 0.300 e. The number of oxazole rings is 1. The van der Waals surface area contributed by atoms with Gasteiger partial charge in [-0.05, 0) is 32.0 Å². The van der Waals surface area contributed by atoms with E-state index in [1.165, 1.54) is 27.4 Å². The molecule has 0 unspecified atom stereocenters. The predicted molar refractivity (Wildman–Crippen MR) is 125 cm³/mol. The highest BCUT2D eigenvalue weighted by Crippen LogP contribution is 2.42. The summed E-state index contributed by atoms with van der Waals surface area (Å²) in [6, 6.07) is 13.8. The molecule has 7 nitrogen and oxygen atoms in total. The van der Waals surface area contributed by atoms with Crippen molar-refractivity contribution < 1.29 is 27.8 Å². The van der Waals surface area contributed by atoms with Crippen LogP contribution >= 0.6 is 0 Å². The minimum absolute atomic E-state index is 0.114. The van der Waals surface area contributed by atoms with E-state index in [-0.39, 0.29) is 12.1 Å². The predicted octanol–water partition coefficient (Wildman–Crippen LogP) is 6.19. The van der Waals surface area contributed by atoms with Crippen LogP contribution in [0, 0.1) is 5.82 Å². The standard InChI is InChI=1S/C25H25FN2O5/c1-14(2)32-19-11-7-9-17(26)22(19)16-8-6-10-18-23(16)33-25(28-18)27-15-12-20(29-3)24(31-5)21(13-15)30-4/h6-14H,1-5H3,(H,27,28). The number of nitrogens with one attached hydrogen (secondary N) is 1. The number of methoxy groups -OCH3 is 3. The van der Waals surface area contributed by atoms with Crippen LogP contribution in [0.4, 0.5) is 16.1 Å². The zero-order valence-corrected chi connectivity index (χ0v) is 19.1. The molecule has 0 spiro atoms. The number of hydrogen-bond donors (Lipinski definition) is 1. The molecule has 0 atom stereocenters. The Bertz CT molecular complexity index is 1260. The fourth-order valence-electron chi connectivity index (χ4n) is 3.59. The number of halogens is 1. The lowest BCUT2D eigenvalue weighted by molar-refractivity contribution is 0.242. The molecule has 0 amide bonds. The summed E-state index contributed by atoms with van der Waals surface area (Å²) in [5.74, 6) is 1.47. The number of ether oxygens (including phenoxy) is 4. The minimum Gasteiger partial charge on any atom is -0.493 e. The Hall–Kier alpha value is -3.94. The van der Waals surface area contributed by atoms with Gasteiger partial charge in [0.2, 0.25) is 5.75 Å². The van der Waals surface area contributed by atoms with E-state index >= 15 is 0 Å². The summed E-state index contributed by atoms with van der Waals surface area (Å²) in [6.07, 6.45) is -0.114. The summed E-state index contributed by atoms with van der Waals surface area (Å²) in [7, 11) is 4.62. The lowest BCUT2D eigenvalue weighted by atomic mass is 10.0. The average molecular weight is 452 g/mol. The summed E-state index contributed by atoms with van der Waals surface area (Å²) in [5, 5.41) is 3.12.